The zero-order chi connectivity index (χ0) is 10.2. The van der Waals surface area contributed by atoms with Crippen LogP contribution >= 0.6 is 0 Å². The van der Waals surface area contributed by atoms with Crippen LogP contribution in [0.1, 0.15) is 0 Å². The maximum Gasteiger partial charge on any atom is 0.434 e. The van der Waals surface area contributed by atoms with Crippen molar-refractivity contribution in [3.05, 3.63) is 12.4 Å². The Balaban J connectivity index is 5.02. The molecule has 7 heteroatoms. The summed E-state index contributed by atoms with van der Waals surface area (Å²) in [5.41, 5.74) is -5.26. The van der Waals surface area contributed by atoms with Crippen LogP contribution in [0.2, 0.25) is 0 Å². The van der Waals surface area contributed by atoms with Crippen LogP contribution in [0.25, 0.3) is 0 Å². The molecule has 1 unspecified atom stereocenters. The van der Waals surface area contributed by atoms with E-state index >= 15 is 0 Å². The van der Waals surface area contributed by atoms with E-state index in [2.05, 4.69) is 0 Å². The molecule has 1 atom stereocenters. The van der Waals surface area contributed by atoms with Crippen molar-refractivity contribution < 1.29 is 30.7 Å². The first-order chi connectivity index (χ1) is 5.14. The maximum absolute atomic E-state index is 12.2. The predicted molar refractivity (Wildman–Crippen MR) is 26.1 cm³/mol. The van der Waals surface area contributed by atoms with Gasteiger partial charge in [0.25, 0.3) is 6.43 Å². The molecular weight excluding hydrogens is 193 g/mol. The molecule has 0 aromatic rings. The van der Waals surface area contributed by atoms with E-state index in [1.807, 2.05) is 6.58 Å². The summed E-state index contributed by atoms with van der Waals surface area (Å²) in [6.07, 6.45) is -10.5. The summed E-state index contributed by atoms with van der Waals surface area (Å²) in [6.45, 7) is 1.87. The summed E-state index contributed by atoms with van der Waals surface area (Å²) >= 11 is 0. The minimum Gasteiger partial charge on any atom is -0.219 e. The molecule has 0 rings (SSSR count). The molecule has 72 valence electrons. The monoisotopic (exact) mass is 196 g/mol. The molecule has 0 nitrogen and oxygen atoms in total. The first-order valence-electron chi connectivity index (χ1n) is 2.52. The van der Waals surface area contributed by atoms with Gasteiger partial charge in [-0.05, 0) is 0 Å². The topological polar surface area (TPSA) is 0 Å². The molecule has 0 aromatic heterocycles. The minimum absolute atomic E-state index is 1.87. The highest BCUT2D eigenvalue weighted by molar-refractivity contribution is 5.11. The van der Waals surface area contributed by atoms with Crippen LogP contribution in [0.4, 0.5) is 30.7 Å². The lowest BCUT2D eigenvalue weighted by Crippen LogP contribution is -2.47. The number of allylic oxidation sites excluding steroid dienone is 1. The van der Waals surface area contributed by atoms with Crippen LogP contribution in [-0.2, 0) is 0 Å². The number of rotatable bonds is 2. The Bertz CT molecular complexity index is 181. The molecular formula is C5H3F7. The molecule has 0 aliphatic rings. The fourth-order valence-corrected chi connectivity index (χ4v) is 0.396. The van der Waals surface area contributed by atoms with Crippen molar-refractivity contribution in [1.29, 1.82) is 0 Å². The molecule has 0 aliphatic carbocycles. The van der Waals surface area contributed by atoms with Gasteiger partial charge in [-0.25, -0.2) is 17.6 Å². The van der Waals surface area contributed by atoms with Crippen LogP contribution in [0.15, 0.2) is 12.4 Å². The summed E-state index contributed by atoms with van der Waals surface area (Å²) < 4.78 is 81.1. The van der Waals surface area contributed by atoms with E-state index < -0.39 is 24.1 Å². The first-order valence-corrected chi connectivity index (χ1v) is 2.52. The van der Waals surface area contributed by atoms with Crippen molar-refractivity contribution in [2.24, 2.45) is 0 Å². The highest BCUT2D eigenvalue weighted by Crippen LogP contribution is 2.43. The van der Waals surface area contributed by atoms with Crippen LogP contribution in [-0.4, -0.2) is 18.3 Å². The third kappa shape index (κ3) is 1.54. The van der Waals surface area contributed by atoms with Crippen LogP contribution in [0.3, 0.4) is 0 Å². The Morgan fingerprint density at radius 3 is 1.42 bits per heavy atom. The Hall–Kier alpha value is -0.750. The zero-order valence-corrected chi connectivity index (χ0v) is 5.43. The molecule has 0 bridgehead atoms. The molecule has 0 radical (unpaired) electrons. The Kier molecular flexibility index (Phi) is 2.76. The van der Waals surface area contributed by atoms with E-state index in [-0.39, 0.29) is 0 Å². The second kappa shape index (κ2) is 2.95. The highest BCUT2D eigenvalue weighted by atomic mass is 19.4. The summed E-state index contributed by atoms with van der Waals surface area (Å²) in [6, 6.07) is 0. The van der Waals surface area contributed by atoms with Gasteiger partial charge >= 0.3 is 11.8 Å². The van der Waals surface area contributed by atoms with Gasteiger partial charge in [0.2, 0.25) is 0 Å². The average Bonchev–Trinajstić information content (AvgIpc) is 1.82. The largest absolute Gasteiger partial charge is 0.434 e. The van der Waals surface area contributed by atoms with Gasteiger partial charge in [0.05, 0.1) is 0 Å². The van der Waals surface area contributed by atoms with E-state index in [1.165, 1.54) is 0 Å². The smallest absolute Gasteiger partial charge is 0.219 e. The van der Waals surface area contributed by atoms with Gasteiger partial charge in [0, 0.05) is 0 Å². The Morgan fingerprint density at radius 1 is 1.08 bits per heavy atom. The minimum atomic E-state index is -5.99. The molecule has 0 N–H and O–H groups in total. The third-order valence-electron chi connectivity index (χ3n) is 1.11. The SMILES string of the molecule is C=C(F)C(F)(C(F)F)C(F)(F)F. The van der Waals surface area contributed by atoms with E-state index in [1.54, 1.807) is 0 Å². The van der Waals surface area contributed by atoms with E-state index in [9.17, 15) is 30.7 Å². The van der Waals surface area contributed by atoms with Gasteiger partial charge in [-0.2, -0.15) is 13.2 Å². The maximum atomic E-state index is 12.2. The van der Waals surface area contributed by atoms with Gasteiger partial charge in [-0.1, -0.05) is 6.58 Å². The normalized spacial score (nSPS) is 17.7. The lowest BCUT2D eigenvalue weighted by Gasteiger charge is -2.24. The lowest BCUT2D eigenvalue weighted by molar-refractivity contribution is -0.257. The second-order valence-electron chi connectivity index (χ2n) is 1.92. The Morgan fingerprint density at radius 2 is 1.42 bits per heavy atom. The lowest BCUT2D eigenvalue weighted by atomic mass is 10.1. The standard InChI is InChI=1S/C5H3F7/c1-2(6)4(9,3(7)8)5(10,11)12/h3H,1H2. The van der Waals surface area contributed by atoms with Crippen molar-refractivity contribution >= 4 is 0 Å². The van der Waals surface area contributed by atoms with Crippen LogP contribution < -0.4 is 0 Å². The van der Waals surface area contributed by atoms with Crippen LogP contribution in [0, 0.1) is 0 Å². The third-order valence-corrected chi connectivity index (χ3v) is 1.11. The summed E-state index contributed by atoms with van der Waals surface area (Å²) in [5.74, 6) is -2.75. The fourth-order valence-electron chi connectivity index (χ4n) is 0.396. The van der Waals surface area contributed by atoms with Gasteiger partial charge < -0.3 is 0 Å². The quantitative estimate of drug-likeness (QED) is 0.595. The van der Waals surface area contributed by atoms with Crippen molar-refractivity contribution in [3.8, 4) is 0 Å². The van der Waals surface area contributed by atoms with Gasteiger partial charge in [0.15, 0.2) is 0 Å². The summed E-state index contributed by atoms with van der Waals surface area (Å²) in [7, 11) is 0. The average molecular weight is 196 g/mol. The number of halogens is 7. The van der Waals surface area contributed by atoms with E-state index in [0.717, 1.165) is 0 Å². The summed E-state index contributed by atoms with van der Waals surface area (Å²) in [5, 5.41) is 0. The molecule has 0 aromatic carbocycles. The predicted octanol–water partition coefficient (Wildman–Crippen LogP) is 3.01. The molecule has 0 saturated carbocycles. The second-order valence-corrected chi connectivity index (χ2v) is 1.92. The number of alkyl halides is 6. The van der Waals surface area contributed by atoms with Gasteiger partial charge in [-0.3, -0.25) is 0 Å². The molecule has 12 heavy (non-hydrogen) atoms. The first kappa shape index (κ1) is 11.2. The van der Waals surface area contributed by atoms with Crippen molar-refractivity contribution in [2.45, 2.75) is 18.3 Å². The molecule has 0 amide bonds. The molecule has 0 fully saturated rings. The van der Waals surface area contributed by atoms with Crippen molar-refractivity contribution in [1.82, 2.24) is 0 Å². The van der Waals surface area contributed by atoms with E-state index in [0.29, 0.717) is 0 Å². The highest BCUT2D eigenvalue weighted by Gasteiger charge is 2.65. The fraction of sp³-hybridized carbons (Fsp3) is 0.600. The molecule has 0 spiro atoms. The van der Waals surface area contributed by atoms with Crippen LogP contribution in [0.5, 0.6) is 0 Å². The van der Waals surface area contributed by atoms with Gasteiger partial charge in [0.1, 0.15) is 5.83 Å². The Labute approximate surface area is 62.7 Å². The molecule has 0 aliphatic heterocycles. The number of hydrogen-bond donors (Lipinski definition) is 0. The van der Waals surface area contributed by atoms with Gasteiger partial charge in [-0.15, -0.1) is 0 Å². The summed E-state index contributed by atoms with van der Waals surface area (Å²) in [4.78, 5) is 0. The van der Waals surface area contributed by atoms with E-state index in [4.69, 9.17) is 0 Å². The number of hydrogen-bond acceptors (Lipinski definition) is 0. The van der Waals surface area contributed by atoms with Crippen molar-refractivity contribution in [2.75, 3.05) is 0 Å². The zero-order valence-electron chi connectivity index (χ0n) is 5.43. The van der Waals surface area contributed by atoms with Crippen molar-refractivity contribution in [3.63, 3.8) is 0 Å². The molecule has 0 saturated heterocycles. The molecule has 0 heterocycles.